The lowest BCUT2D eigenvalue weighted by Gasteiger charge is -2.22. The largest absolute Gasteiger partial charge is 0.454 e. The first kappa shape index (κ1) is 21.8. The Balaban J connectivity index is 1.98. The van der Waals surface area contributed by atoms with E-state index in [0.29, 0.717) is 31.8 Å². The summed E-state index contributed by atoms with van der Waals surface area (Å²) >= 11 is 0. The Hall–Kier alpha value is -2.50. The van der Waals surface area contributed by atoms with Crippen molar-refractivity contribution in [3.05, 3.63) is 47.7 Å². The van der Waals surface area contributed by atoms with Crippen molar-refractivity contribution < 1.29 is 14.0 Å². The minimum absolute atomic E-state index is 0.162. The zero-order valence-electron chi connectivity index (χ0n) is 17.4. The fraction of sp³-hybridized carbons (Fsp3) is 0.545. The number of hydrogen-bond acceptors (Lipinski definition) is 3. The van der Waals surface area contributed by atoms with Gasteiger partial charge in [0.1, 0.15) is 5.76 Å². The van der Waals surface area contributed by atoms with Gasteiger partial charge in [0, 0.05) is 31.4 Å². The molecule has 0 spiro atoms. The number of furan rings is 1. The Morgan fingerprint density at radius 1 is 1.11 bits per heavy atom. The van der Waals surface area contributed by atoms with E-state index in [2.05, 4.69) is 23.7 Å². The zero-order chi connectivity index (χ0) is 20.4. The quantitative estimate of drug-likeness (QED) is 0.555. The van der Waals surface area contributed by atoms with E-state index in [1.807, 2.05) is 36.2 Å². The van der Waals surface area contributed by atoms with E-state index in [0.717, 1.165) is 43.7 Å². The van der Waals surface area contributed by atoms with Crippen molar-refractivity contribution in [2.45, 2.75) is 66.0 Å². The number of carbonyl (C=O) groups is 2. The number of amides is 2. The fourth-order valence-corrected chi connectivity index (χ4v) is 3.15. The van der Waals surface area contributed by atoms with Crippen LogP contribution in [0, 0.1) is 0 Å². The minimum Gasteiger partial charge on any atom is -0.454 e. The van der Waals surface area contributed by atoms with Gasteiger partial charge in [-0.1, -0.05) is 33.6 Å². The molecule has 0 atom stereocenters. The molecule has 2 aromatic heterocycles. The van der Waals surface area contributed by atoms with Crippen molar-refractivity contribution in [1.29, 1.82) is 0 Å². The van der Waals surface area contributed by atoms with Crippen LogP contribution >= 0.6 is 0 Å². The lowest BCUT2D eigenvalue weighted by molar-refractivity contribution is -0.131. The van der Waals surface area contributed by atoms with Crippen molar-refractivity contribution >= 4 is 11.8 Å². The maximum atomic E-state index is 12.2. The third-order valence-electron chi connectivity index (χ3n) is 4.70. The van der Waals surface area contributed by atoms with Crippen LogP contribution in [0.15, 0.2) is 34.9 Å². The highest BCUT2D eigenvalue weighted by atomic mass is 16.4. The van der Waals surface area contributed by atoms with Crippen molar-refractivity contribution in [2.75, 3.05) is 13.1 Å². The number of aromatic nitrogens is 1. The minimum atomic E-state index is -0.169. The molecule has 0 aliphatic rings. The first-order valence-corrected chi connectivity index (χ1v) is 10.4. The molecule has 2 heterocycles. The second-order valence-electron chi connectivity index (χ2n) is 7.03. The molecule has 6 heteroatoms. The van der Waals surface area contributed by atoms with Crippen LogP contribution in [-0.4, -0.2) is 34.4 Å². The van der Waals surface area contributed by atoms with E-state index in [-0.39, 0.29) is 11.8 Å². The molecule has 0 saturated carbocycles. The topological polar surface area (TPSA) is 67.5 Å². The summed E-state index contributed by atoms with van der Waals surface area (Å²) < 4.78 is 7.80. The monoisotopic (exact) mass is 387 g/mol. The highest BCUT2D eigenvalue weighted by Crippen LogP contribution is 2.14. The van der Waals surface area contributed by atoms with Gasteiger partial charge >= 0.3 is 0 Å². The fourth-order valence-electron chi connectivity index (χ4n) is 3.15. The summed E-state index contributed by atoms with van der Waals surface area (Å²) in [5.74, 6) is 1.06. The maximum absolute atomic E-state index is 12.2. The Kier molecular flexibility index (Phi) is 8.85. The molecular formula is C22H33N3O3. The molecule has 0 aliphatic carbocycles. The van der Waals surface area contributed by atoms with Gasteiger partial charge in [0.2, 0.25) is 5.91 Å². The van der Waals surface area contributed by atoms with E-state index in [9.17, 15) is 9.59 Å². The van der Waals surface area contributed by atoms with Gasteiger partial charge < -0.3 is 19.2 Å². The molecule has 2 aromatic rings. The second-order valence-corrected chi connectivity index (χ2v) is 7.03. The maximum Gasteiger partial charge on any atom is 0.286 e. The Labute approximate surface area is 167 Å². The average molecular weight is 388 g/mol. The molecule has 154 valence electrons. The summed E-state index contributed by atoms with van der Waals surface area (Å²) in [7, 11) is 0. The summed E-state index contributed by atoms with van der Waals surface area (Å²) in [5.41, 5.74) is 1.05. The normalized spacial score (nSPS) is 10.8. The third-order valence-corrected chi connectivity index (χ3v) is 4.70. The molecular weight excluding hydrogens is 354 g/mol. The highest BCUT2D eigenvalue weighted by Gasteiger charge is 2.15. The number of unbranched alkanes of at least 4 members (excludes halogenated alkanes) is 2. The van der Waals surface area contributed by atoms with Gasteiger partial charge in [0.25, 0.3) is 5.91 Å². The first-order chi connectivity index (χ1) is 13.6. The van der Waals surface area contributed by atoms with Crippen LogP contribution in [0.1, 0.15) is 74.9 Å². The number of rotatable bonds is 12. The van der Waals surface area contributed by atoms with Crippen LogP contribution in [0.4, 0.5) is 0 Å². The number of nitrogens with zero attached hydrogens (tertiary/aromatic N) is 2. The highest BCUT2D eigenvalue weighted by molar-refractivity contribution is 5.91. The van der Waals surface area contributed by atoms with Crippen molar-refractivity contribution in [3.8, 4) is 0 Å². The Bertz CT molecular complexity index is 748. The molecule has 0 radical (unpaired) electrons. The Morgan fingerprint density at radius 3 is 2.64 bits per heavy atom. The zero-order valence-corrected chi connectivity index (χ0v) is 17.4. The van der Waals surface area contributed by atoms with Crippen molar-refractivity contribution in [2.24, 2.45) is 0 Å². The van der Waals surface area contributed by atoms with Gasteiger partial charge in [-0.2, -0.15) is 0 Å². The predicted octanol–water partition coefficient (Wildman–Crippen LogP) is 4.20. The van der Waals surface area contributed by atoms with E-state index in [4.69, 9.17) is 4.42 Å². The van der Waals surface area contributed by atoms with Crippen LogP contribution in [0.2, 0.25) is 0 Å². The molecule has 0 saturated heterocycles. The third kappa shape index (κ3) is 6.29. The van der Waals surface area contributed by atoms with Gasteiger partial charge in [-0.15, -0.1) is 0 Å². The van der Waals surface area contributed by atoms with E-state index in [1.165, 1.54) is 0 Å². The van der Waals surface area contributed by atoms with Gasteiger partial charge in [-0.05, 0) is 37.1 Å². The van der Waals surface area contributed by atoms with Crippen LogP contribution in [0.3, 0.4) is 0 Å². The molecule has 0 fully saturated rings. The average Bonchev–Trinajstić information content (AvgIpc) is 3.34. The van der Waals surface area contributed by atoms with E-state index in [1.54, 1.807) is 6.07 Å². The molecule has 0 unspecified atom stereocenters. The summed E-state index contributed by atoms with van der Waals surface area (Å²) in [6.07, 6.45) is 6.63. The summed E-state index contributed by atoms with van der Waals surface area (Å²) in [6, 6.07) is 7.56. The lowest BCUT2D eigenvalue weighted by atomic mass is 10.2. The van der Waals surface area contributed by atoms with E-state index < -0.39 is 0 Å². The van der Waals surface area contributed by atoms with Crippen LogP contribution in [-0.2, 0) is 17.9 Å². The van der Waals surface area contributed by atoms with Gasteiger partial charge in [-0.3, -0.25) is 9.59 Å². The van der Waals surface area contributed by atoms with E-state index >= 15 is 0 Å². The molecule has 2 rings (SSSR count). The van der Waals surface area contributed by atoms with Crippen LogP contribution in [0.25, 0.3) is 0 Å². The second kappa shape index (κ2) is 11.4. The number of hydrogen-bond donors (Lipinski definition) is 1. The van der Waals surface area contributed by atoms with Crippen LogP contribution in [0.5, 0.6) is 0 Å². The van der Waals surface area contributed by atoms with Gasteiger partial charge in [-0.25, -0.2) is 0 Å². The molecule has 1 N–H and O–H groups in total. The molecule has 2 amide bonds. The Morgan fingerprint density at radius 2 is 1.93 bits per heavy atom. The lowest BCUT2D eigenvalue weighted by Crippen LogP contribution is -2.31. The summed E-state index contributed by atoms with van der Waals surface area (Å²) in [6.45, 7) is 8.64. The molecule has 0 aromatic carbocycles. The number of nitrogens with one attached hydrogen (secondary N) is 1. The van der Waals surface area contributed by atoms with Crippen molar-refractivity contribution in [1.82, 2.24) is 14.8 Å². The predicted molar refractivity (Wildman–Crippen MR) is 110 cm³/mol. The standard InChI is InChI=1S/C22H33N3O3/c1-4-7-8-13-23-22(27)20-12-11-19(28-20)17-24-15-9-10-18(24)16-25(14-5-2)21(26)6-3/h9-12,15H,4-8,13-14,16-17H2,1-3H3,(H,23,27). The molecule has 0 aliphatic heterocycles. The van der Waals surface area contributed by atoms with Crippen molar-refractivity contribution in [3.63, 3.8) is 0 Å². The smallest absolute Gasteiger partial charge is 0.286 e. The molecule has 6 nitrogen and oxygen atoms in total. The number of carbonyl (C=O) groups excluding carboxylic acids is 2. The SMILES string of the molecule is CCCCCNC(=O)c1ccc(Cn2cccc2CN(CCC)C(=O)CC)o1. The summed E-state index contributed by atoms with van der Waals surface area (Å²) in [4.78, 5) is 26.2. The van der Waals surface area contributed by atoms with Gasteiger partial charge in [0.05, 0.1) is 13.1 Å². The molecule has 28 heavy (non-hydrogen) atoms. The first-order valence-electron chi connectivity index (χ1n) is 10.4. The van der Waals surface area contributed by atoms with Gasteiger partial charge in [0.15, 0.2) is 5.76 Å². The van der Waals surface area contributed by atoms with Crippen LogP contribution < -0.4 is 5.32 Å². The summed E-state index contributed by atoms with van der Waals surface area (Å²) in [5, 5.41) is 2.89. The molecule has 0 bridgehead atoms.